The fraction of sp³-hybridized carbons (Fsp3) is 0.533. The highest BCUT2D eigenvalue weighted by Gasteiger charge is 2.25. The molecule has 1 amide bonds. The summed E-state index contributed by atoms with van der Waals surface area (Å²) in [6, 6.07) is 5.47. The first-order valence-corrected chi connectivity index (χ1v) is 6.92. The summed E-state index contributed by atoms with van der Waals surface area (Å²) >= 11 is 0. The van der Waals surface area contributed by atoms with E-state index in [4.69, 9.17) is 15.2 Å². The van der Waals surface area contributed by atoms with E-state index < -0.39 is 0 Å². The van der Waals surface area contributed by atoms with Gasteiger partial charge in [0.25, 0.3) is 5.91 Å². The first kappa shape index (κ1) is 14.7. The number of benzene rings is 1. The monoisotopic (exact) mass is 278 g/mol. The Labute approximate surface area is 119 Å². The zero-order valence-corrected chi connectivity index (χ0v) is 12.0. The second-order valence-electron chi connectivity index (χ2n) is 5.11. The molecule has 20 heavy (non-hydrogen) atoms. The molecule has 5 heteroatoms. The van der Waals surface area contributed by atoms with Crippen molar-refractivity contribution in [2.75, 3.05) is 20.8 Å². The second-order valence-corrected chi connectivity index (χ2v) is 5.11. The summed E-state index contributed by atoms with van der Waals surface area (Å²) in [7, 11) is 3.08. The number of hydrogen-bond donors (Lipinski definition) is 2. The second kappa shape index (κ2) is 6.61. The van der Waals surface area contributed by atoms with Crippen molar-refractivity contribution in [1.82, 2.24) is 5.32 Å². The van der Waals surface area contributed by atoms with E-state index in [-0.39, 0.29) is 11.9 Å². The van der Waals surface area contributed by atoms with Gasteiger partial charge in [-0.15, -0.1) is 0 Å². The summed E-state index contributed by atoms with van der Waals surface area (Å²) in [5.41, 5.74) is 6.49. The van der Waals surface area contributed by atoms with E-state index >= 15 is 0 Å². The molecule has 0 saturated heterocycles. The number of nitrogens with one attached hydrogen (secondary N) is 1. The third kappa shape index (κ3) is 3.04. The molecular formula is C15H22N2O3. The summed E-state index contributed by atoms with van der Waals surface area (Å²) in [5.74, 6) is 1.23. The Hall–Kier alpha value is -1.75. The Morgan fingerprint density at radius 1 is 1.35 bits per heavy atom. The molecule has 1 aliphatic rings. The molecular weight excluding hydrogens is 256 g/mol. The van der Waals surface area contributed by atoms with Crippen LogP contribution in [0.15, 0.2) is 18.2 Å². The normalized spacial score (nSPS) is 21.6. The Kier molecular flexibility index (Phi) is 4.84. The Morgan fingerprint density at radius 2 is 2.15 bits per heavy atom. The highest BCUT2D eigenvalue weighted by atomic mass is 16.5. The van der Waals surface area contributed by atoms with E-state index in [1.54, 1.807) is 25.3 Å². The lowest BCUT2D eigenvalue weighted by atomic mass is 10.0. The molecule has 1 aromatic carbocycles. The predicted octanol–water partition coefficient (Wildman–Crippen LogP) is 1.56. The van der Waals surface area contributed by atoms with Crippen molar-refractivity contribution in [3.05, 3.63) is 23.8 Å². The average Bonchev–Trinajstić information content (AvgIpc) is 2.89. The van der Waals surface area contributed by atoms with Crippen LogP contribution in [0.4, 0.5) is 0 Å². The maximum atomic E-state index is 12.3. The lowest BCUT2D eigenvalue weighted by molar-refractivity contribution is 0.0943. The number of hydrogen-bond acceptors (Lipinski definition) is 4. The summed E-state index contributed by atoms with van der Waals surface area (Å²) in [6.45, 7) is 0.611. The smallest absolute Gasteiger partial charge is 0.255 e. The third-order valence-electron chi connectivity index (χ3n) is 3.89. The number of para-hydroxylation sites is 1. The molecule has 2 atom stereocenters. The van der Waals surface area contributed by atoms with Gasteiger partial charge in [-0.3, -0.25) is 4.79 Å². The number of carbonyl (C=O) groups is 1. The van der Waals surface area contributed by atoms with Gasteiger partial charge in [0.15, 0.2) is 11.5 Å². The maximum absolute atomic E-state index is 12.3. The molecule has 0 aromatic heterocycles. The van der Waals surface area contributed by atoms with Crippen LogP contribution in [0.2, 0.25) is 0 Å². The van der Waals surface area contributed by atoms with E-state index in [1.165, 1.54) is 7.11 Å². The topological polar surface area (TPSA) is 73.6 Å². The van der Waals surface area contributed by atoms with Crippen molar-refractivity contribution >= 4 is 5.91 Å². The van der Waals surface area contributed by atoms with Crippen molar-refractivity contribution in [3.63, 3.8) is 0 Å². The standard InChI is InChI=1S/C15H22N2O3/c1-19-13-8-4-6-11(14(13)20-2)15(18)17-9-10-5-3-7-12(10)16/h4,6,8,10,12H,3,5,7,9,16H2,1-2H3,(H,17,18). The van der Waals surface area contributed by atoms with E-state index in [0.29, 0.717) is 29.5 Å². The molecule has 0 radical (unpaired) electrons. The zero-order chi connectivity index (χ0) is 14.5. The summed E-state index contributed by atoms with van der Waals surface area (Å²) in [5, 5.41) is 2.94. The highest BCUT2D eigenvalue weighted by molar-refractivity contribution is 5.97. The molecule has 3 N–H and O–H groups in total. The van der Waals surface area contributed by atoms with Crippen molar-refractivity contribution in [3.8, 4) is 11.5 Å². The van der Waals surface area contributed by atoms with Gasteiger partial charge >= 0.3 is 0 Å². The number of ether oxygens (including phenoxy) is 2. The quantitative estimate of drug-likeness (QED) is 0.857. The van der Waals surface area contributed by atoms with Crippen molar-refractivity contribution in [2.45, 2.75) is 25.3 Å². The van der Waals surface area contributed by atoms with E-state index in [2.05, 4.69) is 5.32 Å². The van der Waals surface area contributed by atoms with Gasteiger partial charge < -0.3 is 20.5 Å². The van der Waals surface area contributed by atoms with E-state index in [0.717, 1.165) is 19.3 Å². The Bertz CT molecular complexity index is 476. The largest absolute Gasteiger partial charge is 0.493 e. The maximum Gasteiger partial charge on any atom is 0.255 e. The van der Waals surface area contributed by atoms with Crippen molar-refractivity contribution < 1.29 is 14.3 Å². The van der Waals surface area contributed by atoms with Gasteiger partial charge in [-0.05, 0) is 30.9 Å². The SMILES string of the molecule is COc1cccc(C(=O)NCC2CCCC2N)c1OC. The van der Waals surface area contributed by atoms with Gasteiger partial charge in [0.05, 0.1) is 19.8 Å². The van der Waals surface area contributed by atoms with Gasteiger partial charge in [0.2, 0.25) is 0 Å². The zero-order valence-electron chi connectivity index (χ0n) is 12.0. The van der Waals surface area contributed by atoms with Crippen LogP contribution in [-0.2, 0) is 0 Å². The molecule has 0 spiro atoms. The summed E-state index contributed by atoms with van der Waals surface area (Å²) < 4.78 is 10.5. The fourth-order valence-electron chi connectivity index (χ4n) is 2.70. The fourth-order valence-corrected chi connectivity index (χ4v) is 2.70. The summed E-state index contributed by atoms with van der Waals surface area (Å²) in [4.78, 5) is 12.3. The number of nitrogens with two attached hydrogens (primary N) is 1. The van der Waals surface area contributed by atoms with Gasteiger partial charge in [-0.2, -0.15) is 0 Å². The molecule has 1 aromatic rings. The molecule has 0 aliphatic heterocycles. The van der Waals surface area contributed by atoms with Crippen molar-refractivity contribution in [2.24, 2.45) is 11.7 Å². The molecule has 5 nitrogen and oxygen atoms in total. The first-order chi connectivity index (χ1) is 9.67. The van der Waals surface area contributed by atoms with Crippen LogP contribution in [0.3, 0.4) is 0 Å². The lowest BCUT2D eigenvalue weighted by Crippen LogP contribution is -2.36. The molecule has 110 valence electrons. The molecule has 1 saturated carbocycles. The van der Waals surface area contributed by atoms with Crippen molar-refractivity contribution in [1.29, 1.82) is 0 Å². The minimum Gasteiger partial charge on any atom is -0.493 e. The van der Waals surface area contributed by atoms with Crippen LogP contribution >= 0.6 is 0 Å². The van der Waals surface area contributed by atoms with E-state index in [9.17, 15) is 4.79 Å². The van der Waals surface area contributed by atoms with Gasteiger partial charge in [-0.1, -0.05) is 12.5 Å². The van der Waals surface area contributed by atoms with Crippen LogP contribution in [-0.4, -0.2) is 32.7 Å². The van der Waals surface area contributed by atoms with Gasteiger partial charge in [0, 0.05) is 12.6 Å². The molecule has 1 fully saturated rings. The van der Waals surface area contributed by atoms with Gasteiger partial charge in [0.1, 0.15) is 0 Å². The number of amides is 1. The number of methoxy groups -OCH3 is 2. The lowest BCUT2D eigenvalue weighted by Gasteiger charge is -2.17. The first-order valence-electron chi connectivity index (χ1n) is 6.92. The number of rotatable bonds is 5. The Morgan fingerprint density at radius 3 is 2.75 bits per heavy atom. The van der Waals surface area contributed by atoms with Crippen LogP contribution < -0.4 is 20.5 Å². The van der Waals surface area contributed by atoms with Crippen LogP contribution in [0.1, 0.15) is 29.6 Å². The third-order valence-corrected chi connectivity index (χ3v) is 3.89. The highest BCUT2D eigenvalue weighted by Crippen LogP contribution is 2.30. The molecule has 1 aliphatic carbocycles. The van der Waals surface area contributed by atoms with E-state index in [1.807, 2.05) is 0 Å². The van der Waals surface area contributed by atoms with Crippen LogP contribution in [0, 0.1) is 5.92 Å². The summed E-state index contributed by atoms with van der Waals surface area (Å²) in [6.07, 6.45) is 3.27. The molecule has 2 rings (SSSR count). The van der Waals surface area contributed by atoms with Gasteiger partial charge in [-0.25, -0.2) is 0 Å². The predicted molar refractivity (Wildman–Crippen MR) is 77.2 cm³/mol. The van der Waals surface area contributed by atoms with Crippen LogP contribution in [0.5, 0.6) is 11.5 Å². The molecule has 0 bridgehead atoms. The molecule has 0 heterocycles. The average molecular weight is 278 g/mol. The van der Waals surface area contributed by atoms with Crippen LogP contribution in [0.25, 0.3) is 0 Å². The minimum absolute atomic E-state index is 0.153. The molecule has 2 unspecified atom stereocenters. The number of carbonyl (C=O) groups excluding carboxylic acids is 1. The minimum atomic E-state index is -0.153. The Balaban J connectivity index is 2.05.